The van der Waals surface area contributed by atoms with Gasteiger partial charge in [-0.25, -0.2) is 14.4 Å². The van der Waals surface area contributed by atoms with Crippen LogP contribution in [0.1, 0.15) is 26.2 Å². The molecular weight excluding hydrogens is 909 g/mol. The Morgan fingerprint density at radius 3 is 1.58 bits per heavy atom. The zero-order chi connectivity index (χ0) is 49.3. The number of methoxy groups -OCH3 is 1. The molecule has 0 saturated carbocycles. The summed E-state index contributed by atoms with van der Waals surface area (Å²) in [5.41, 5.74) is 1.75. The molecule has 0 aliphatic carbocycles. The quantitative estimate of drug-likeness (QED) is 0.120. The van der Waals surface area contributed by atoms with Crippen LogP contribution in [0.4, 0.5) is 14.4 Å². The number of carbonyl (C=O) groups excluding carboxylic acids is 3. The van der Waals surface area contributed by atoms with E-state index in [9.17, 15) is 34.8 Å². The molecule has 66 heavy (non-hydrogen) atoms. The number of urea groups is 3. The zero-order valence-electron chi connectivity index (χ0n) is 39.6. The van der Waals surface area contributed by atoms with E-state index in [1.807, 2.05) is 0 Å². The van der Waals surface area contributed by atoms with E-state index >= 15 is 0 Å². The lowest BCUT2D eigenvalue weighted by Gasteiger charge is -2.34. The fourth-order valence-electron chi connectivity index (χ4n) is 8.49. The standard InChI is InChI=1S/C15H23N2O4P.2C15H25N2O4P/c1-9-10(7-16-14(19)17-9)11-12-13(18)15(21-11,8-20-12)5-6-22(2,3)4;1-9-10(8-16-14(20)17-9)12-11(18)13(19)15(2,21-12)6-7-22(3,4)5;1-9-10(8-16-15(19)17-9)13-14(20-2)12(18)11(21-13)6-7-22(3,4)5/h7,11-13,18H,1-2,5-6,8H2,3-4H3,(H2,16,17,19);8,11-13,18-19H,1,3,6-7H2,2,4-5H3,(H2,16,17,20);8,11-14,18H,1,3,6-7H2,2,4-5H3,(H2,16,17,19)/t11?,12-,13-,15-;11-,12?,13-,15+;11-,12-,13?,14-/m001/s1. The molecule has 10 N–H and O–H groups in total. The van der Waals surface area contributed by atoms with Crippen molar-refractivity contribution < 1.29 is 58.5 Å². The monoisotopic (exact) mass is 982 g/mol. The minimum Gasteiger partial charge on any atom is -0.388 e. The first kappa shape index (κ1) is 53.7. The molecule has 0 aromatic carbocycles. The predicted octanol–water partition coefficient (Wildman–Crippen LogP) is 2.31. The minimum absolute atomic E-state index is 0.303. The molecule has 6 amide bonds. The van der Waals surface area contributed by atoms with Crippen LogP contribution < -0.4 is 31.9 Å². The highest BCUT2D eigenvalue weighted by Gasteiger charge is 2.62. The highest BCUT2D eigenvalue weighted by molar-refractivity contribution is 7.72. The Hall–Kier alpha value is -3.21. The molecule has 0 aromatic rings. The van der Waals surface area contributed by atoms with Crippen molar-refractivity contribution in [3.8, 4) is 0 Å². The number of hydrogen-bond donors (Lipinski definition) is 10. The molecule has 7 aliphatic rings. The average molecular weight is 983 g/mol. The second-order valence-electron chi connectivity index (χ2n) is 20.2. The van der Waals surface area contributed by atoms with Gasteiger partial charge in [-0.3, -0.25) is 0 Å². The van der Waals surface area contributed by atoms with E-state index in [1.54, 1.807) is 26.4 Å². The lowest BCUT2D eigenvalue weighted by atomic mass is 9.92. The topological polar surface area (TPSA) is 250 Å². The van der Waals surface area contributed by atoms with Crippen molar-refractivity contribution in [1.29, 1.82) is 0 Å². The number of aliphatic hydroxyl groups is 4. The zero-order valence-corrected chi connectivity index (χ0v) is 42.3. The average Bonchev–Trinajstić information content (AvgIpc) is 3.87. The molecule has 7 heterocycles. The largest absolute Gasteiger partial charge is 0.388 e. The van der Waals surface area contributed by atoms with Crippen molar-refractivity contribution >= 4 is 57.6 Å². The predicted molar refractivity (Wildman–Crippen MR) is 267 cm³/mol. The number of ether oxygens (including phenoxy) is 5. The molecule has 0 aromatic heterocycles. The van der Waals surface area contributed by atoms with Crippen LogP contribution in [-0.4, -0.2) is 202 Å². The Morgan fingerprint density at radius 2 is 1.12 bits per heavy atom. The van der Waals surface area contributed by atoms with Gasteiger partial charge in [0.25, 0.3) is 0 Å². The Labute approximate surface area is 389 Å². The molecule has 4 fully saturated rings. The Bertz CT molecular complexity index is 2070. The lowest BCUT2D eigenvalue weighted by molar-refractivity contribution is -0.132. The molecule has 0 spiro atoms. The van der Waals surface area contributed by atoms with Gasteiger partial charge in [0, 0.05) is 59.5 Å². The van der Waals surface area contributed by atoms with Crippen LogP contribution in [-0.2, 0) is 23.7 Å². The molecule has 370 valence electrons. The van der Waals surface area contributed by atoms with Crippen LogP contribution in [0.5, 0.6) is 0 Å². The number of fused-ring (bicyclic) bond motifs is 2. The maximum absolute atomic E-state index is 11.3. The van der Waals surface area contributed by atoms with Crippen molar-refractivity contribution in [3.05, 3.63) is 72.1 Å². The highest BCUT2D eigenvalue weighted by Crippen LogP contribution is 2.49. The highest BCUT2D eigenvalue weighted by atomic mass is 31.2. The summed E-state index contributed by atoms with van der Waals surface area (Å²) in [6, 6.07) is -1.04. The van der Waals surface area contributed by atoms with Crippen LogP contribution in [0.15, 0.2) is 72.1 Å². The first-order valence-corrected chi connectivity index (χ1v) is 30.9. The Balaban J connectivity index is 0.000000186. The summed E-state index contributed by atoms with van der Waals surface area (Å²) in [6.07, 6.45) is 15.7. The molecular formula is C45H73N6O12P3. The van der Waals surface area contributed by atoms with Gasteiger partial charge in [0.1, 0.15) is 60.5 Å². The van der Waals surface area contributed by atoms with E-state index in [0.717, 1.165) is 31.3 Å². The Morgan fingerprint density at radius 1 is 0.667 bits per heavy atom. The fourth-order valence-corrected chi connectivity index (χ4v) is 11.5. The smallest absolute Gasteiger partial charge is 0.323 e. The third-order valence-electron chi connectivity index (χ3n) is 12.5. The van der Waals surface area contributed by atoms with E-state index < -0.39 is 86.8 Å². The van der Waals surface area contributed by atoms with Gasteiger partial charge in [-0.15, -0.1) is 39.6 Å². The molecule has 7 aliphatic heterocycles. The van der Waals surface area contributed by atoms with E-state index in [0.29, 0.717) is 46.8 Å². The van der Waals surface area contributed by atoms with Crippen LogP contribution in [0.3, 0.4) is 0 Å². The van der Waals surface area contributed by atoms with Crippen molar-refractivity contribution in [2.75, 3.05) is 72.2 Å². The first-order valence-electron chi connectivity index (χ1n) is 21.8. The SMILES string of the molecule is C=C1NC(=O)NC=C1C1O[C@@]2(CCP(=C)(C)C)CO[C@@H]1[C@@H]2O.C=C1NC(=O)NC=C1C1O[C@H](CCP(=C)(C)C)[C@@H](O)[C@H]1OC.C=C1NC(=O)NC=C1C1O[C@](C)(CCP(=C)(C)C)[C@@H](O)[C@H]1O. The fraction of sp³-hybridized carbons (Fsp3) is 0.600. The molecule has 21 heteroatoms. The number of rotatable bonds is 13. The summed E-state index contributed by atoms with van der Waals surface area (Å²) in [4.78, 5) is 33.8. The molecule has 4 saturated heterocycles. The molecule has 18 nitrogen and oxygen atoms in total. The normalized spacial score (nSPS) is 35.4. The summed E-state index contributed by atoms with van der Waals surface area (Å²) in [5, 5.41) is 57.2. The van der Waals surface area contributed by atoms with E-state index in [-0.39, 0.29) is 24.2 Å². The van der Waals surface area contributed by atoms with Gasteiger partial charge in [0.2, 0.25) is 0 Å². The van der Waals surface area contributed by atoms with E-state index in [2.05, 4.69) is 111 Å². The molecule has 0 radical (unpaired) electrons. The van der Waals surface area contributed by atoms with Crippen molar-refractivity contribution in [3.63, 3.8) is 0 Å². The Kier molecular flexibility index (Phi) is 16.9. The van der Waals surface area contributed by atoms with Gasteiger partial charge < -0.3 is 76.0 Å². The lowest BCUT2D eigenvalue weighted by Crippen LogP contribution is -2.44. The van der Waals surface area contributed by atoms with Gasteiger partial charge in [-0.05, 0) is 84.7 Å². The van der Waals surface area contributed by atoms with Crippen LogP contribution in [0.25, 0.3) is 0 Å². The number of nitrogens with one attached hydrogen (secondary N) is 6. The number of carbonyl (C=O) groups is 3. The molecule has 3 unspecified atom stereocenters. The second-order valence-corrected chi connectivity index (χ2v) is 33.1. The molecule has 7 rings (SSSR count). The minimum atomic E-state index is -1.25. The van der Waals surface area contributed by atoms with Crippen molar-refractivity contribution in [1.82, 2.24) is 31.9 Å². The number of hydrogen-bond acceptors (Lipinski definition) is 12. The third-order valence-corrected chi connectivity index (χ3v) is 16.8. The van der Waals surface area contributed by atoms with Crippen molar-refractivity contribution in [2.45, 2.75) is 98.4 Å². The summed E-state index contributed by atoms with van der Waals surface area (Å²) in [7, 11) is 1.54. The van der Waals surface area contributed by atoms with Gasteiger partial charge in [-0.1, -0.05) is 19.7 Å². The number of aliphatic hydroxyl groups excluding tert-OH is 4. The van der Waals surface area contributed by atoms with Gasteiger partial charge in [0.05, 0.1) is 18.3 Å². The maximum Gasteiger partial charge on any atom is 0.323 e. The summed E-state index contributed by atoms with van der Waals surface area (Å²) < 4.78 is 29.4. The van der Waals surface area contributed by atoms with Gasteiger partial charge >= 0.3 is 18.1 Å². The van der Waals surface area contributed by atoms with Crippen LogP contribution in [0.2, 0.25) is 0 Å². The van der Waals surface area contributed by atoms with Gasteiger partial charge in [-0.2, -0.15) is 0 Å². The van der Waals surface area contributed by atoms with E-state index in [4.69, 9.17) is 23.7 Å². The summed E-state index contributed by atoms with van der Waals surface area (Å²) in [6.45, 7) is 22.9. The molecule has 12 atom stereocenters. The summed E-state index contributed by atoms with van der Waals surface area (Å²) in [5.74, 6) is 0. The van der Waals surface area contributed by atoms with Crippen LogP contribution in [0, 0.1) is 0 Å². The second kappa shape index (κ2) is 20.8. The summed E-state index contributed by atoms with van der Waals surface area (Å²) >= 11 is 0. The number of amides is 6. The first-order chi connectivity index (χ1) is 30.5. The van der Waals surface area contributed by atoms with E-state index in [1.165, 1.54) is 6.20 Å². The maximum atomic E-state index is 11.3. The third kappa shape index (κ3) is 12.9. The van der Waals surface area contributed by atoms with Crippen molar-refractivity contribution in [2.24, 2.45) is 0 Å². The molecule has 2 bridgehead atoms. The van der Waals surface area contributed by atoms with Crippen LogP contribution >= 0.6 is 20.7 Å². The van der Waals surface area contributed by atoms with Gasteiger partial charge in [0.15, 0.2) is 0 Å².